The zero-order valence-corrected chi connectivity index (χ0v) is 23.4. The Morgan fingerprint density at radius 3 is 2.40 bits per heavy atom. The Kier molecular flexibility index (Phi) is 8.92. The average Bonchev–Trinajstić information content (AvgIpc) is 3.12. The largest absolute Gasteiger partial charge is 0.406 e. The Morgan fingerprint density at radius 2 is 1.76 bits per heavy atom. The number of aldehydes is 1. The summed E-state index contributed by atoms with van der Waals surface area (Å²) >= 11 is 0. The number of amides is 4. The van der Waals surface area contributed by atoms with Gasteiger partial charge in [-0.1, -0.05) is 48.5 Å². The topological polar surface area (TPSA) is 125 Å². The number of nitrogens with two attached hydrogens (primary N) is 1. The first-order valence-electron chi connectivity index (χ1n) is 13.5. The summed E-state index contributed by atoms with van der Waals surface area (Å²) in [4.78, 5) is 53.9. The van der Waals surface area contributed by atoms with E-state index in [-0.39, 0.29) is 39.3 Å². The van der Waals surface area contributed by atoms with Crippen LogP contribution in [-0.2, 0) is 32.1 Å². The normalized spacial score (nSPS) is 20.0. The molecule has 0 spiro atoms. The third kappa shape index (κ3) is 6.73. The summed E-state index contributed by atoms with van der Waals surface area (Å²) in [5.41, 5.74) is 5.13. The molecule has 4 amide bonds. The monoisotopic (exact) mass is 589 g/mol. The molecule has 42 heavy (non-hydrogen) atoms. The lowest BCUT2D eigenvalue weighted by Gasteiger charge is -2.45. The molecular formula is C29H34F3N5O5. The highest BCUT2D eigenvalue weighted by molar-refractivity contribution is 6.08. The van der Waals surface area contributed by atoms with Gasteiger partial charge in [-0.2, -0.15) is 13.2 Å². The first-order valence-corrected chi connectivity index (χ1v) is 13.5. The van der Waals surface area contributed by atoms with Gasteiger partial charge < -0.3 is 30.4 Å². The number of carbonyl (C=O) groups excluding carboxylic acids is 4. The molecule has 4 rings (SSSR count). The highest BCUT2D eigenvalue weighted by Gasteiger charge is 2.61. The van der Waals surface area contributed by atoms with E-state index in [4.69, 9.17) is 10.5 Å². The number of benzene rings is 2. The number of rotatable bonds is 11. The van der Waals surface area contributed by atoms with Crippen LogP contribution in [-0.4, -0.2) is 90.0 Å². The Bertz CT molecular complexity index is 1320. The Labute approximate surface area is 241 Å². The van der Waals surface area contributed by atoms with Crippen LogP contribution >= 0.6 is 0 Å². The second-order valence-corrected chi connectivity index (χ2v) is 11.1. The maximum Gasteiger partial charge on any atom is 0.406 e. The molecule has 13 heteroatoms. The third-order valence-corrected chi connectivity index (χ3v) is 7.30. The number of carbonyl (C=O) groups is 4. The third-order valence-electron chi connectivity index (χ3n) is 7.30. The van der Waals surface area contributed by atoms with Gasteiger partial charge in [0, 0.05) is 30.8 Å². The lowest BCUT2D eigenvalue weighted by Crippen LogP contribution is -2.64. The van der Waals surface area contributed by atoms with Gasteiger partial charge in [0.25, 0.3) is 5.91 Å². The van der Waals surface area contributed by atoms with Crippen molar-refractivity contribution >= 4 is 29.8 Å². The van der Waals surface area contributed by atoms with Crippen molar-refractivity contribution in [3.8, 4) is 0 Å². The molecule has 0 unspecified atom stereocenters. The molecule has 0 radical (unpaired) electrons. The number of nitrogens with one attached hydrogen (secondary N) is 1. The zero-order chi connectivity index (χ0) is 30.7. The number of imide groups is 1. The van der Waals surface area contributed by atoms with Gasteiger partial charge in [-0.3, -0.25) is 14.5 Å². The van der Waals surface area contributed by atoms with E-state index in [1.807, 2.05) is 4.90 Å². The van der Waals surface area contributed by atoms with E-state index >= 15 is 0 Å². The van der Waals surface area contributed by atoms with Crippen molar-refractivity contribution in [2.45, 2.75) is 50.2 Å². The minimum Gasteiger partial charge on any atom is -0.374 e. The Hall–Kier alpha value is -3.97. The fourth-order valence-corrected chi connectivity index (χ4v) is 5.25. The second kappa shape index (κ2) is 12.1. The molecule has 2 atom stereocenters. The SMILES string of the molecule is CC(C)(N)C(=O)N[C@H](C=O)COCc1ccccc1N1CCN2C(=O)N(CC(F)(F)F)C(=O)[C@@]2(Cc2ccccc2)C1. The summed E-state index contributed by atoms with van der Waals surface area (Å²) in [6.45, 7) is 1.56. The minimum absolute atomic E-state index is 0.0313. The summed E-state index contributed by atoms with van der Waals surface area (Å²) in [5, 5.41) is 2.53. The maximum atomic E-state index is 13.7. The van der Waals surface area contributed by atoms with Gasteiger partial charge in [-0.15, -0.1) is 0 Å². The lowest BCUT2D eigenvalue weighted by molar-refractivity contribution is -0.155. The van der Waals surface area contributed by atoms with Crippen LogP contribution in [0.3, 0.4) is 0 Å². The molecule has 0 bridgehead atoms. The van der Waals surface area contributed by atoms with Gasteiger partial charge in [-0.25, -0.2) is 4.79 Å². The van der Waals surface area contributed by atoms with E-state index in [1.165, 1.54) is 18.7 Å². The van der Waals surface area contributed by atoms with Crippen LogP contribution in [0.1, 0.15) is 25.0 Å². The van der Waals surface area contributed by atoms with E-state index in [2.05, 4.69) is 5.32 Å². The molecule has 2 aliphatic heterocycles. The molecule has 2 aromatic rings. The summed E-state index contributed by atoms with van der Waals surface area (Å²) in [6.07, 6.45) is -4.14. The highest BCUT2D eigenvalue weighted by Crippen LogP contribution is 2.38. The number of urea groups is 1. The fraction of sp³-hybridized carbons (Fsp3) is 0.448. The fourth-order valence-electron chi connectivity index (χ4n) is 5.25. The number of ether oxygens (including phenoxy) is 1. The number of fused-ring (bicyclic) bond motifs is 1. The van der Waals surface area contributed by atoms with Crippen LogP contribution in [0.5, 0.6) is 0 Å². The molecule has 226 valence electrons. The number of halogens is 3. The molecule has 2 aromatic carbocycles. The standard InChI is InChI=1S/C29H34F3N5O5/c1-27(2,33)24(39)34-22(15-38)17-42-16-21-10-6-7-11-23(21)35-12-13-37-26(41)36(19-29(30,31)32)25(40)28(37,18-35)14-20-8-4-3-5-9-20/h3-11,15,22H,12-14,16-19,33H2,1-2H3,(H,34,39)/t22-,28-/m1/s1. The molecular weight excluding hydrogens is 555 g/mol. The van der Waals surface area contributed by atoms with Crippen LogP contribution in [0.25, 0.3) is 0 Å². The van der Waals surface area contributed by atoms with Crippen LogP contribution in [0.2, 0.25) is 0 Å². The Morgan fingerprint density at radius 1 is 1.10 bits per heavy atom. The average molecular weight is 590 g/mol. The van der Waals surface area contributed by atoms with E-state index in [0.717, 1.165) is 0 Å². The minimum atomic E-state index is -4.74. The number of anilines is 1. The quantitative estimate of drug-likeness (QED) is 0.304. The number of nitrogens with zero attached hydrogens (tertiary/aromatic N) is 3. The summed E-state index contributed by atoms with van der Waals surface area (Å²) in [7, 11) is 0. The smallest absolute Gasteiger partial charge is 0.374 e. The first kappa shape index (κ1) is 31.0. The van der Waals surface area contributed by atoms with E-state index in [0.29, 0.717) is 28.0 Å². The molecule has 10 nitrogen and oxygen atoms in total. The Balaban J connectivity index is 1.57. The number of para-hydroxylation sites is 1. The number of hydrogen-bond acceptors (Lipinski definition) is 7. The van der Waals surface area contributed by atoms with Gasteiger partial charge >= 0.3 is 12.2 Å². The lowest BCUT2D eigenvalue weighted by atomic mass is 9.86. The van der Waals surface area contributed by atoms with E-state index < -0.39 is 47.7 Å². The molecule has 3 N–H and O–H groups in total. The summed E-state index contributed by atoms with van der Waals surface area (Å²) in [6, 6.07) is 14.1. The highest BCUT2D eigenvalue weighted by atomic mass is 19.4. The number of alkyl halides is 3. The van der Waals surface area contributed by atoms with Crippen molar-refractivity contribution in [3.63, 3.8) is 0 Å². The van der Waals surface area contributed by atoms with Crippen molar-refractivity contribution in [3.05, 3.63) is 65.7 Å². The molecule has 0 saturated carbocycles. The molecule has 2 heterocycles. The van der Waals surface area contributed by atoms with Crippen LogP contribution in [0.4, 0.5) is 23.7 Å². The zero-order valence-electron chi connectivity index (χ0n) is 23.4. The predicted octanol–water partition coefficient (Wildman–Crippen LogP) is 2.25. The van der Waals surface area contributed by atoms with E-state index in [9.17, 15) is 32.3 Å². The number of hydrogen-bond donors (Lipinski definition) is 2. The predicted molar refractivity (Wildman–Crippen MR) is 147 cm³/mol. The van der Waals surface area contributed by atoms with Crippen molar-refractivity contribution in [1.82, 2.24) is 15.1 Å². The van der Waals surface area contributed by atoms with Crippen molar-refractivity contribution in [1.29, 1.82) is 0 Å². The van der Waals surface area contributed by atoms with Gasteiger partial charge in [0.2, 0.25) is 5.91 Å². The number of piperazine rings is 1. The van der Waals surface area contributed by atoms with E-state index in [1.54, 1.807) is 54.6 Å². The van der Waals surface area contributed by atoms with Crippen molar-refractivity contribution < 1.29 is 37.1 Å². The maximum absolute atomic E-state index is 13.7. The van der Waals surface area contributed by atoms with Crippen molar-refractivity contribution in [2.75, 3.05) is 37.7 Å². The van der Waals surface area contributed by atoms with Crippen LogP contribution < -0.4 is 16.0 Å². The molecule has 2 saturated heterocycles. The van der Waals surface area contributed by atoms with Crippen LogP contribution in [0.15, 0.2) is 54.6 Å². The summed E-state index contributed by atoms with van der Waals surface area (Å²) in [5.74, 6) is -1.40. The molecule has 2 fully saturated rings. The van der Waals surface area contributed by atoms with Crippen molar-refractivity contribution in [2.24, 2.45) is 5.73 Å². The summed E-state index contributed by atoms with van der Waals surface area (Å²) < 4.78 is 45.9. The van der Waals surface area contributed by atoms with Gasteiger partial charge in [0.15, 0.2) is 0 Å². The van der Waals surface area contributed by atoms with Gasteiger partial charge in [0.1, 0.15) is 24.4 Å². The van der Waals surface area contributed by atoms with Gasteiger partial charge in [0.05, 0.1) is 25.3 Å². The van der Waals surface area contributed by atoms with Gasteiger partial charge in [-0.05, 0) is 25.5 Å². The molecule has 0 aliphatic carbocycles. The second-order valence-electron chi connectivity index (χ2n) is 11.1. The van der Waals surface area contributed by atoms with Crippen LogP contribution in [0, 0.1) is 0 Å². The molecule has 0 aromatic heterocycles. The molecule has 2 aliphatic rings. The first-order chi connectivity index (χ1) is 19.7.